The van der Waals surface area contributed by atoms with Gasteiger partial charge in [0.2, 0.25) is 5.91 Å². The molecule has 0 heterocycles. The Morgan fingerprint density at radius 1 is 1.07 bits per heavy atom. The molecule has 2 amide bonds. The van der Waals surface area contributed by atoms with E-state index < -0.39 is 11.9 Å². The van der Waals surface area contributed by atoms with Crippen molar-refractivity contribution in [3.8, 4) is 11.5 Å². The second-order valence-electron chi connectivity index (χ2n) is 5.95. The molecule has 0 unspecified atom stereocenters. The van der Waals surface area contributed by atoms with Crippen LogP contribution in [0.2, 0.25) is 10.0 Å². The molecule has 0 aliphatic rings. The van der Waals surface area contributed by atoms with E-state index in [0.717, 1.165) is 0 Å². The first-order valence-electron chi connectivity index (χ1n) is 8.58. The lowest BCUT2D eigenvalue weighted by Gasteiger charge is -2.29. The molecule has 0 saturated carbocycles. The summed E-state index contributed by atoms with van der Waals surface area (Å²) in [6.45, 7) is 1.43. The van der Waals surface area contributed by atoms with Gasteiger partial charge in [-0.2, -0.15) is 0 Å². The third-order valence-electron chi connectivity index (χ3n) is 4.22. The highest BCUT2D eigenvalue weighted by atomic mass is 35.5. The molecule has 0 saturated heterocycles. The van der Waals surface area contributed by atoms with Gasteiger partial charge < -0.3 is 19.7 Å². The number of nitrogens with one attached hydrogen (secondary N) is 1. The standard InChI is InChI=1S/C20H22Cl2N2O4/c1-13(20(26)23-2)24(11-14-15(21)7-6-8-16(14)22)19(25)12-28-18-10-5-4-9-17(18)27-3/h4-10,13H,11-12H2,1-3H3,(H,23,26)/t13-/m0/s1. The predicted molar refractivity (Wildman–Crippen MR) is 109 cm³/mol. The summed E-state index contributed by atoms with van der Waals surface area (Å²) in [6.07, 6.45) is 0. The summed E-state index contributed by atoms with van der Waals surface area (Å²) in [5.74, 6) is 0.240. The van der Waals surface area contributed by atoms with Crippen molar-refractivity contribution in [1.29, 1.82) is 0 Å². The Bertz CT molecular complexity index is 824. The summed E-state index contributed by atoms with van der Waals surface area (Å²) in [7, 11) is 3.03. The Kier molecular flexibility index (Phi) is 7.96. The van der Waals surface area contributed by atoms with Crippen molar-refractivity contribution in [2.24, 2.45) is 0 Å². The Hall–Kier alpha value is -2.44. The molecule has 1 N–H and O–H groups in total. The summed E-state index contributed by atoms with van der Waals surface area (Å²) in [5, 5.41) is 3.38. The summed E-state index contributed by atoms with van der Waals surface area (Å²) in [4.78, 5) is 26.4. The molecule has 0 fully saturated rings. The van der Waals surface area contributed by atoms with E-state index in [1.165, 1.54) is 19.1 Å². The molecule has 0 radical (unpaired) electrons. The number of halogens is 2. The number of hydrogen-bond donors (Lipinski definition) is 1. The molecule has 0 aliphatic heterocycles. The van der Waals surface area contributed by atoms with E-state index in [1.54, 1.807) is 49.4 Å². The quantitative estimate of drug-likeness (QED) is 0.703. The minimum absolute atomic E-state index is 0.0706. The van der Waals surface area contributed by atoms with Gasteiger partial charge in [-0.25, -0.2) is 0 Å². The van der Waals surface area contributed by atoms with Gasteiger partial charge in [-0.05, 0) is 31.2 Å². The average Bonchev–Trinajstić information content (AvgIpc) is 2.71. The number of likely N-dealkylation sites (N-methyl/N-ethyl adjacent to an activating group) is 1. The maximum Gasteiger partial charge on any atom is 0.261 e. The van der Waals surface area contributed by atoms with Crippen molar-refractivity contribution in [2.75, 3.05) is 20.8 Å². The number of carbonyl (C=O) groups is 2. The summed E-state index contributed by atoms with van der Waals surface area (Å²) in [5.41, 5.74) is 0.562. The van der Waals surface area contributed by atoms with Crippen molar-refractivity contribution < 1.29 is 19.1 Å². The number of nitrogens with zero attached hydrogens (tertiary/aromatic N) is 1. The first-order valence-corrected chi connectivity index (χ1v) is 9.34. The normalized spacial score (nSPS) is 11.5. The Balaban J connectivity index is 2.23. The molecule has 28 heavy (non-hydrogen) atoms. The van der Waals surface area contributed by atoms with Crippen LogP contribution in [-0.4, -0.2) is 43.5 Å². The molecule has 0 spiro atoms. The monoisotopic (exact) mass is 424 g/mol. The van der Waals surface area contributed by atoms with Crippen LogP contribution in [0.3, 0.4) is 0 Å². The van der Waals surface area contributed by atoms with Crippen LogP contribution in [-0.2, 0) is 16.1 Å². The van der Waals surface area contributed by atoms with Gasteiger partial charge in [0.1, 0.15) is 6.04 Å². The van der Waals surface area contributed by atoms with Gasteiger partial charge in [-0.15, -0.1) is 0 Å². The van der Waals surface area contributed by atoms with Gasteiger partial charge in [0.05, 0.1) is 7.11 Å². The van der Waals surface area contributed by atoms with Crippen LogP contribution in [0.5, 0.6) is 11.5 Å². The third-order valence-corrected chi connectivity index (χ3v) is 4.93. The molecule has 2 rings (SSSR count). The number of para-hydroxylation sites is 2. The van der Waals surface area contributed by atoms with Crippen LogP contribution in [0.25, 0.3) is 0 Å². The van der Waals surface area contributed by atoms with E-state index in [9.17, 15) is 9.59 Å². The summed E-state index contributed by atoms with van der Waals surface area (Å²) in [6, 6.07) is 11.3. The first-order chi connectivity index (χ1) is 13.4. The lowest BCUT2D eigenvalue weighted by Crippen LogP contribution is -2.48. The number of ether oxygens (including phenoxy) is 2. The molecular weight excluding hydrogens is 403 g/mol. The van der Waals surface area contributed by atoms with E-state index in [1.807, 2.05) is 0 Å². The molecule has 2 aromatic rings. The topological polar surface area (TPSA) is 67.9 Å². The van der Waals surface area contributed by atoms with E-state index in [2.05, 4.69) is 5.32 Å². The number of benzene rings is 2. The van der Waals surface area contributed by atoms with Crippen molar-refractivity contribution >= 4 is 35.0 Å². The van der Waals surface area contributed by atoms with Gasteiger partial charge in [-0.3, -0.25) is 9.59 Å². The minimum Gasteiger partial charge on any atom is -0.493 e. The highest BCUT2D eigenvalue weighted by molar-refractivity contribution is 6.36. The highest BCUT2D eigenvalue weighted by Crippen LogP contribution is 2.28. The molecule has 150 valence electrons. The molecule has 0 bridgehead atoms. The van der Waals surface area contributed by atoms with Crippen molar-refractivity contribution in [3.05, 3.63) is 58.1 Å². The molecule has 1 atom stereocenters. The minimum atomic E-state index is -0.744. The van der Waals surface area contributed by atoms with Gasteiger partial charge in [0.25, 0.3) is 5.91 Å². The van der Waals surface area contributed by atoms with E-state index in [-0.39, 0.29) is 19.1 Å². The van der Waals surface area contributed by atoms with Crippen molar-refractivity contribution in [1.82, 2.24) is 10.2 Å². The number of hydrogen-bond acceptors (Lipinski definition) is 4. The zero-order valence-electron chi connectivity index (χ0n) is 15.9. The molecule has 0 aliphatic carbocycles. The fourth-order valence-electron chi connectivity index (χ4n) is 2.61. The van der Waals surface area contributed by atoms with Crippen LogP contribution in [0.1, 0.15) is 12.5 Å². The number of methoxy groups -OCH3 is 1. The van der Waals surface area contributed by atoms with Crippen LogP contribution >= 0.6 is 23.2 Å². The molecule has 0 aromatic heterocycles. The first kappa shape index (κ1) is 21.9. The maximum atomic E-state index is 12.9. The zero-order chi connectivity index (χ0) is 20.7. The number of amides is 2. The Labute approximate surface area is 174 Å². The van der Waals surface area contributed by atoms with Crippen LogP contribution in [0, 0.1) is 0 Å². The van der Waals surface area contributed by atoms with E-state index >= 15 is 0 Å². The second kappa shape index (κ2) is 10.2. The lowest BCUT2D eigenvalue weighted by atomic mass is 10.1. The van der Waals surface area contributed by atoms with Crippen molar-refractivity contribution in [3.63, 3.8) is 0 Å². The molecular formula is C20H22Cl2N2O4. The zero-order valence-corrected chi connectivity index (χ0v) is 17.4. The van der Waals surface area contributed by atoms with Crippen LogP contribution in [0.15, 0.2) is 42.5 Å². The van der Waals surface area contributed by atoms with Crippen LogP contribution in [0.4, 0.5) is 0 Å². The van der Waals surface area contributed by atoms with E-state index in [4.69, 9.17) is 32.7 Å². The van der Waals surface area contributed by atoms with E-state index in [0.29, 0.717) is 27.1 Å². The highest BCUT2D eigenvalue weighted by Gasteiger charge is 2.27. The Morgan fingerprint density at radius 2 is 1.68 bits per heavy atom. The predicted octanol–water partition coefficient (Wildman–Crippen LogP) is 3.54. The Morgan fingerprint density at radius 3 is 2.25 bits per heavy atom. The lowest BCUT2D eigenvalue weighted by molar-refractivity contribution is -0.142. The molecule has 8 heteroatoms. The molecule has 2 aromatic carbocycles. The smallest absolute Gasteiger partial charge is 0.261 e. The number of rotatable bonds is 8. The fourth-order valence-corrected chi connectivity index (χ4v) is 3.12. The number of carbonyl (C=O) groups excluding carboxylic acids is 2. The summed E-state index contributed by atoms with van der Waals surface area (Å²) >= 11 is 12.5. The largest absolute Gasteiger partial charge is 0.493 e. The third kappa shape index (κ3) is 5.30. The fraction of sp³-hybridized carbons (Fsp3) is 0.300. The maximum absolute atomic E-state index is 12.9. The second-order valence-corrected chi connectivity index (χ2v) is 6.77. The SMILES string of the molecule is CNC(=O)[C@H](C)N(Cc1c(Cl)cccc1Cl)C(=O)COc1ccccc1OC. The van der Waals surface area contributed by atoms with Gasteiger partial charge >= 0.3 is 0 Å². The summed E-state index contributed by atoms with van der Waals surface area (Å²) < 4.78 is 10.8. The van der Waals surface area contributed by atoms with Crippen LogP contribution < -0.4 is 14.8 Å². The molecule has 6 nitrogen and oxygen atoms in total. The van der Waals surface area contributed by atoms with Gasteiger partial charge in [0, 0.05) is 29.2 Å². The van der Waals surface area contributed by atoms with Gasteiger partial charge in [0.15, 0.2) is 18.1 Å². The average molecular weight is 425 g/mol. The van der Waals surface area contributed by atoms with Crippen molar-refractivity contribution in [2.45, 2.75) is 19.5 Å². The van der Waals surface area contributed by atoms with Gasteiger partial charge in [-0.1, -0.05) is 41.4 Å².